The van der Waals surface area contributed by atoms with Crippen LogP contribution in [0.15, 0.2) is 60.9 Å². The molecule has 0 saturated carbocycles. The highest BCUT2D eigenvalue weighted by Crippen LogP contribution is 2.36. The van der Waals surface area contributed by atoms with Gasteiger partial charge in [-0.2, -0.15) is 0 Å². The van der Waals surface area contributed by atoms with E-state index < -0.39 is 5.41 Å². The van der Waals surface area contributed by atoms with Crippen LogP contribution in [0.25, 0.3) is 11.1 Å². The van der Waals surface area contributed by atoms with Gasteiger partial charge in [0, 0.05) is 38.4 Å². The second kappa shape index (κ2) is 10.1. The van der Waals surface area contributed by atoms with E-state index in [1.165, 1.54) is 0 Å². The summed E-state index contributed by atoms with van der Waals surface area (Å²) in [6, 6.07) is 12.3. The molecule has 1 saturated heterocycles. The Balaban J connectivity index is 1.56. The van der Waals surface area contributed by atoms with Crippen LogP contribution in [-0.2, 0) is 16.0 Å². The van der Waals surface area contributed by atoms with E-state index in [1.54, 1.807) is 6.20 Å². The van der Waals surface area contributed by atoms with Crippen LogP contribution >= 0.6 is 0 Å². The van der Waals surface area contributed by atoms with Gasteiger partial charge in [0.2, 0.25) is 11.8 Å². The molecular weight excluding hydrogens is 398 g/mol. The maximum Gasteiger partial charge on any atom is 0.228 e. The van der Waals surface area contributed by atoms with Gasteiger partial charge in [0.25, 0.3) is 0 Å². The van der Waals surface area contributed by atoms with Crippen molar-refractivity contribution in [2.75, 3.05) is 19.6 Å². The normalized spacial score (nSPS) is 22.7. The molecule has 2 aliphatic rings. The molecule has 2 atom stereocenters. The Morgan fingerprint density at radius 3 is 2.84 bits per heavy atom. The third kappa shape index (κ3) is 5.09. The van der Waals surface area contributed by atoms with Crippen molar-refractivity contribution in [2.24, 2.45) is 11.3 Å². The molecule has 2 heterocycles. The van der Waals surface area contributed by atoms with Crippen molar-refractivity contribution in [3.05, 3.63) is 66.5 Å². The van der Waals surface area contributed by atoms with Gasteiger partial charge in [-0.25, -0.2) is 0 Å². The Labute approximate surface area is 190 Å². The van der Waals surface area contributed by atoms with E-state index in [0.717, 1.165) is 48.9 Å². The Hall–Kier alpha value is -2.95. The Morgan fingerprint density at radius 1 is 1.22 bits per heavy atom. The number of hydrogen-bond acceptors (Lipinski definition) is 3. The molecule has 1 fully saturated rings. The number of likely N-dealkylation sites (tertiary alicyclic amines) is 1. The zero-order valence-corrected chi connectivity index (χ0v) is 18.9. The van der Waals surface area contributed by atoms with Crippen molar-refractivity contribution in [3.8, 4) is 11.1 Å². The molecule has 1 N–H and O–H groups in total. The highest BCUT2D eigenvalue weighted by atomic mass is 16.2. The van der Waals surface area contributed by atoms with Crippen molar-refractivity contribution in [1.29, 1.82) is 0 Å². The molecule has 5 nitrogen and oxygen atoms in total. The van der Waals surface area contributed by atoms with Gasteiger partial charge in [0.15, 0.2) is 0 Å². The summed E-state index contributed by atoms with van der Waals surface area (Å²) in [6.45, 7) is 3.78. The molecule has 1 aromatic carbocycles. The average molecular weight is 432 g/mol. The number of allylic oxidation sites excluding steroid dienone is 2. The molecule has 1 aromatic heterocycles. The average Bonchev–Trinajstić information content (AvgIpc) is 3.33. The summed E-state index contributed by atoms with van der Waals surface area (Å²) in [6.07, 6.45) is 12.9. The van der Waals surface area contributed by atoms with Crippen LogP contribution in [0.4, 0.5) is 0 Å². The molecule has 0 radical (unpaired) electrons. The number of benzene rings is 1. The fourth-order valence-electron chi connectivity index (χ4n) is 5.11. The number of carbonyl (C=O) groups excluding carboxylic acids is 2. The molecule has 4 rings (SSSR count). The standard InChI is InChI=1S/C27H33N3O2/c1-2-29-26(32)27(13-7-15-30(20-27)25(31)17-21-8-3-4-9-21)18-22-10-5-11-23(16-22)24-12-6-14-28-19-24/h3,5-6,8,10-12,14,16,19,21H,2,4,7,9,13,15,17-18,20H2,1H3,(H,29,32). The number of nitrogens with zero attached hydrogens (tertiary/aromatic N) is 2. The summed E-state index contributed by atoms with van der Waals surface area (Å²) >= 11 is 0. The van der Waals surface area contributed by atoms with Crippen LogP contribution in [0.2, 0.25) is 0 Å². The van der Waals surface area contributed by atoms with Crippen LogP contribution in [0.1, 0.15) is 44.6 Å². The van der Waals surface area contributed by atoms with E-state index in [2.05, 4.69) is 40.7 Å². The van der Waals surface area contributed by atoms with Crippen molar-refractivity contribution in [3.63, 3.8) is 0 Å². The molecule has 32 heavy (non-hydrogen) atoms. The van der Waals surface area contributed by atoms with Crippen LogP contribution in [0.5, 0.6) is 0 Å². The van der Waals surface area contributed by atoms with Gasteiger partial charge >= 0.3 is 0 Å². The lowest BCUT2D eigenvalue weighted by molar-refractivity contribution is -0.142. The van der Waals surface area contributed by atoms with Gasteiger partial charge < -0.3 is 10.2 Å². The van der Waals surface area contributed by atoms with Crippen LogP contribution in [0, 0.1) is 11.3 Å². The number of carbonyl (C=O) groups is 2. The van der Waals surface area contributed by atoms with Crippen LogP contribution in [0.3, 0.4) is 0 Å². The number of pyridine rings is 1. The van der Waals surface area contributed by atoms with Gasteiger partial charge in [-0.3, -0.25) is 14.6 Å². The van der Waals surface area contributed by atoms with Gasteiger partial charge in [-0.15, -0.1) is 0 Å². The maximum absolute atomic E-state index is 13.3. The number of nitrogens with one attached hydrogen (secondary N) is 1. The first-order valence-electron chi connectivity index (χ1n) is 11.8. The summed E-state index contributed by atoms with van der Waals surface area (Å²) in [7, 11) is 0. The zero-order valence-electron chi connectivity index (χ0n) is 18.9. The van der Waals surface area contributed by atoms with Crippen molar-refractivity contribution in [2.45, 2.75) is 45.4 Å². The highest BCUT2D eigenvalue weighted by molar-refractivity contribution is 5.85. The van der Waals surface area contributed by atoms with Crippen molar-refractivity contribution >= 4 is 11.8 Å². The van der Waals surface area contributed by atoms with Crippen LogP contribution < -0.4 is 5.32 Å². The predicted molar refractivity (Wildman–Crippen MR) is 127 cm³/mol. The Bertz CT molecular complexity index is 972. The number of aromatic nitrogens is 1. The summed E-state index contributed by atoms with van der Waals surface area (Å²) in [4.78, 5) is 32.6. The summed E-state index contributed by atoms with van der Waals surface area (Å²) < 4.78 is 0. The zero-order chi connectivity index (χ0) is 22.4. The number of piperidine rings is 1. The fourth-order valence-corrected chi connectivity index (χ4v) is 5.11. The lowest BCUT2D eigenvalue weighted by Crippen LogP contribution is -2.54. The predicted octanol–water partition coefficient (Wildman–Crippen LogP) is 4.39. The minimum Gasteiger partial charge on any atom is -0.356 e. The smallest absolute Gasteiger partial charge is 0.228 e. The van der Waals surface area contributed by atoms with Crippen molar-refractivity contribution in [1.82, 2.24) is 15.2 Å². The second-order valence-electron chi connectivity index (χ2n) is 9.15. The topological polar surface area (TPSA) is 62.3 Å². The number of amides is 2. The first kappa shape index (κ1) is 22.3. The van der Waals surface area contributed by atoms with E-state index in [-0.39, 0.29) is 11.8 Å². The van der Waals surface area contributed by atoms with E-state index in [0.29, 0.717) is 31.8 Å². The SMILES string of the molecule is CCNC(=O)C1(Cc2cccc(-c3cccnc3)c2)CCCN(C(=O)CC2C=CCC2)C1. The summed E-state index contributed by atoms with van der Waals surface area (Å²) in [5, 5.41) is 3.06. The quantitative estimate of drug-likeness (QED) is 0.661. The first-order valence-corrected chi connectivity index (χ1v) is 11.8. The number of rotatable bonds is 7. The third-order valence-electron chi connectivity index (χ3n) is 6.76. The maximum atomic E-state index is 13.3. The Kier molecular flexibility index (Phi) is 7.03. The van der Waals surface area contributed by atoms with Crippen molar-refractivity contribution < 1.29 is 9.59 Å². The Morgan fingerprint density at radius 2 is 2.09 bits per heavy atom. The number of hydrogen-bond donors (Lipinski definition) is 1. The summed E-state index contributed by atoms with van der Waals surface area (Å²) in [5.41, 5.74) is 2.68. The van der Waals surface area contributed by atoms with E-state index in [1.807, 2.05) is 36.2 Å². The molecule has 2 unspecified atom stereocenters. The van der Waals surface area contributed by atoms with Gasteiger partial charge in [0.1, 0.15) is 0 Å². The molecule has 1 aliphatic carbocycles. The van der Waals surface area contributed by atoms with Gasteiger partial charge in [-0.05, 0) is 67.7 Å². The summed E-state index contributed by atoms with van der Waals surface area (Å²) in [5.74, 6) is 0.587. The highest BCUT2D eigenvalue weighted by Gasteiger charge is 2.43. The molecule has 168 valence electrons. The molecule has 2 aromatic rings. The molecule has 2 amide bonds. The minimum absolute atomic E-state index is 0.0602. The molecule has 0 spiro atoms. The third-order valence-corrected chi connectivity index (χ3v) is 6.76. The molecular formula is C27H33N3O2. The molecule has 0 bridgehead atoms. The largest absolute Gasteiger partial charge is 0.356 e. The molecule has 5 heteroatoms. The van der Waals surface area contributed by atoms with E-state index >= 15 is 0 Å². The minimum atomic E-state index is -0.594. The fraction of sp³-hybridized carbons (Fsp3) is 0.444. The van der Waals surface area contributed by atoms with E-state index in [4.69, 9.17) is 0 Å². The van der Waals surface area contributed by atoms with Gasteiger partial charge in [-0.1, -0.05) is 42.5 Å². The van der Waals surface area contributed by atoms with E-state index in [9.17, 15) is 9.59 Å². The first-order chi connectivity index (χ1) is 15.6. The molecule has 1 aliphatic heterocycles. The monoisotopic (exact) mass is 431 g/mol. The van der Waals surface area contributed by atoms with Crippen LogP contribution in [-0.4, -0.2) is 41.3 Å². The van der Waals surface area contributed by atoms with Gasteiger partial charge in [0.05, 0.1) is 5.41 Å². The second-order valence-corrected chi connectivity index (χ2v) is 9.15. The lowest BCUT2D eigenvalue weighted by Gasteiger charge is -2.42. The lowest BCUT2D eigenvalue weighted by atomic mass is 9.73.